The molecule has 0 aromatic heterocycles. The van der Waals surface area contributed by atoms with Crippen LogP contribution in [0.25, 0.3) is 0 Å². The van der Waals surface area contributed by atoms with Crippen LogP contribution in [-0.4, -0.2) is 43.5 Å². The molecule has 1 aliphatic heterocycles. The van der Waals surface area contributed by atoms with Crippen LogP contribution in [0, 0.1) is 6.92 Å². The van der Waals surface area contributed by atoms with Gasteiger partial charge in [-0.3, -0.25) is 4.79 Å². The number of aliphatic hydroxyl groups is 1. The van der Waals surface area contributed by atoms with Crippen LogP contribution in [0.4, 0.5) is 5.69 Å². The molecule has 0 atom stereocenters. The first-order valence-corrected chi connectivity index (χ1v) is 10.7. The van der Waals surface area contributed by atoms with E-state index in [0.717, 1.165) is 43.1 Å². The van der Waals surface area contributed by atoms with Crippen molar-refractivity contribution in [3.63, 3.8) is 0 Å². The molecule has 6 nitrogen and oxygen atoms in total. The number of nitrogens with zero attached hydrogens (tertiary/aromatic N) is 2. The van der Waals surface area contributed by atoms with Crippen LogP contribution < -0.4 is 10.3 Å². The number of carbonyl (C=O) groups is 1. The molecule has 1 saturated heterocycles. The van der Waals surface area contributed by atoms with Crippen molar-refractivity contribution in [1.29, 1.82) is 0 Å². The van der Waals surface area contributed by atoms with Gasteiger partial charge in [0.15, 0.2) is 5.60 Å². The maximum Gasteiger partial charge on any atom is 0.281 e. The van der Waals surface area contributed by atoms with E-state index in [1.54, 1.807) is 54.7 Å². The quantitative estimate of drug-likeness (QED) is 0.466. The third-order valence-corrected chi connectivity index (χ3v) is 5.71. The van der Waals surface area contributed by atoms with Crippen molar-refractivity contribution < 1.29 is 14.6 Å². The molecule has 1 amide bonds. The van der Waals surface area contributed by atoms with Gasteiger partial charge in [-0.2, -0.15) is 5.10 Å². The van der Waals surface area contributed by atoms with Crippen LogP contribution in [0.2, 0.25) is 0 Å². The second-order valence-electron chi connectivity index (χ2n) is 7.78. The maximum atomic E-state index is 13.1. The van der Waals surface area contributed by atoms with Crippen molar-refractivity contribution >= 4 is 17.8 Å². The van der Waals surface area contributed by atoms with Gasteiger partial charge >= 0.3 is 0 Å². The van der Waals surface area contributed by atoms with Gasteiger partial charge in [-0.25, -0.2) is 5.43 Å². The number of hydrogen-bond acceptors (Lipinski definition) is 5. The Morgan fingerprint density at radius 2 is 1.59 bits per heavy atom. The monoisotopic (exact) mass is 429 g/mol. The SMILES string of the molecule is Cc1cc(N2CCOCC2)ccc1C=NNC(=O)C(O)(c1ccccc1)c1ccccc1. The summed E-state index contributed by atoms with van der Waals surface area (Å²) in [5.41, 5.74) is 4.72. The van der Waals surface area contributed by atoms with E-state index in [-0.39, 0.29) is 0 Å². The molecule has 2 N–H and O–H groups in total. The number of morpholine rings is 1. The summed E-state index contributed by atoms with van der Waals surface area (Å²) in [4.78, 5) is 15.4. The minimum Gasteiger partial charge on any atom is -0.378 e. The van der Waals surface area contributed by atoms with E-state index in [4.69, 9.17) is 4.74 Å². The molecule has 0 radical (unpaired) electrons. The molecule has 1 heterocycles. The number of nitrogens with one attached hydrogen (secondary N) is 1. The van der Waals surface area contributed by atoms with Gasteiger partial charge in [-0.15, -0.1) is 0 Å². The zero-order valence-electron chi connectivity index (χ0n) is 18.1. The molecule has 1 aliphatic rings. The second-order valence-corrected chi connectivity index (χ2v) is 7.78. The maximum absolute atomic E-state index is 13.1. The molecule has 32 heavy (non-hydrogen) atoms. The molecule has 0 aliphatic carbocycles. The Balaban J connectivity index is 1.52. The molecule has 1 fully saturated rings. The molecular formula is C26H27N3O3. The fourth-order valence-corrected chi connectivity index (χ4v) is 3.85. The van der Waals surface area contributed by atoms with Crippen molar-refractivity contribution in [2.24, 2.45) is 5.10 Å². The Kier molecular flexibility index (Phi) is 6.63. The van der Waals surface area contributed by atoms with Crippen molar-refractivity contribution in [1.82, 2.24) is 5.43 Å². The molecular weight excluding hydrogens is 402 g/mol. The van der Waals surface area contributed by atoms with Crippen molar-refractivity contribution in [2.75, 3.05) is 31.2 Å². The zero-order valence-corrected chi connectivity index (χ0v) is 18.1. The van der Waals surface area contributed by atoms with Crippen LogP contribution >= 0.6 is 0 Å². The highest BCUT2D eigenvalue weighted by Crippen LogP contribution is 2.29. The van der Waals surface area contributed by atoms with Gasteiger partial charge in [-0.1, -0.05) is 66.7 Å². The highest BCUT2D eigenvalue weighted by molar-refractivity contribution is 5.91. The fourth-order valence-electron chi connectivity index (χ4n) is 3.85. The highest BCUT2D eigenvalue weighted by atomic mass is 16.5. The summed E-state index contributed by atoms with van der Waals surface area (Å²) in [5, 5.41) is 15.6. The van der Waals surface area contributed by atoms with Crippen molar-refractivity contribution in [3.8, 4) is 0 Å². The number of rotatable bonds is 6. The summed E-state index contributed by atoms with van der Waals surface area (Å²) < 4.78 is 5.42. The van der Waals surface area contributed by atoms with Crippen LogP contribution in [0.15, 0.2) is 84.0 Å². The minimum atomic E-state index is -1.85. The molecule has 164 valence electrons. The number of hydrogen-bond donors (Lipinski definition) is 2. The summed E-state index contributed by atoms with van der Waals surface area (Å²) in [5.74, 6) is -0.617. The molecule has 3 aromatic rings. The lowest BCUT2D eigenvalue weighted by Crippen LogP contribution is -2.43. The lowest BCUT2D eigenvalue weighted by atomic mass is 9.85. The average Bonchev–Trinajstić information content (AvgIpc) is 2.86. The van der Waals surface area contributed by atoms with E-state index >= 15 is 0 Å². The van der Waals surface area contributed by atoms with Crippen LogP contribution in [0.3, 0.4) is 0 Å². The molecule has 0 unspecified atom stereocenters. The summed E-state index contributed by atoms with van der Waals surface area (Å²) in [6.45, 7) is 5.23. The molecule has 6 heteroatoms. The number of hydrazone groups is 1. The van der Waals surface area contributed by atoms with E-state index in [1.807, 2.05) is 31.2 Å². The minimum absolute atomic E-state index is 0.477. The Hall–Kier alpha value is -3.48. The number of amides is 1. The Morgan fingerprint density at radius 3 is 2.16 bits per heavy atom. The number of benzene rings is 3. The van der Waals surface area contributed by atoms with Crippen molar-refractivity contribution in [2.45, 2.75) is 12.5 Å². The Bertz CT molecular complexity index is 1040. The predicted molar refractivity (Wildman–Crippen MR) is 126 cm³/mol. The standard InChI is InChI=1S/C26H27N3O3/c1-20-18-24(29-14-16-32-17-15-29)13-12-21(20)19-27-28-25(30)26(31,22-8-4-2-5-9-22)23-10-6-3-7-11-23/h2-13,18-19,31H,14-17H2,1H3,(H,28,30). The Morgan fingerprint density at radius 1 is 1.00 bits per heavy atom. The van der Waals surface area contributed by atoms with Gasteiger partial charge in [0.25, 0.3) is 5.91 Å². The lowest BCUT2D eigenvalue weighted by molar-refractivity contribution is -0.136. The Labute approximate surface area is 188 Å². The predicted octanol–water partition coefficient (Wildman–Crippen LogP) is 3.22. The normalized spacial score (nSPS) is 14.5. The molecule has 0 saturated carbocycles. The van der Waals surface area contributed by atoms with Gasteiger partial charge in [0.2, 0.25) is 0 Å². The lowest BCUT2D eigenvalue weighted by Gasteiger charge is -2.29. The molecule has 0 spiro atoms. The van der Waals surface area contributed by atoms with Crippen LogP contribution in [0.1, 0.15) is 22.3 Å². The molecule has 4 rings (SSSR count). The fraction of sp³-hybridized carbons (Fsp3) is 0.231. The summed E-state index contributed by atoms with van der Waals surface area (Å²) in [7, 11) is 0. The summed E-state index contributed by atoms with van der Waals surface area (Å²) >= 11 is 0. The van der Waals surface area contributed by atoms with Gasteiger partial charge < -0.3 is 14.7 Å². The third kappa shape index (κ3) is 4.56. The first kappa shape index (κ1) is 21.7. The van der Waals surface area contributed by atoms with E-state index in [1.165, 1.54) is 0 Å². The number of anilines is 1. The number of ether oxygens (including phenoxy) is 1. The van der Waals surface area contributed by atoms with Crippen LogP contribution in [-0.2, 0) is 15.1 Å². The van der Waals surface area contributed by atoms with Gasteiger partial charge in [0.05, 0.1) is 19.4 Å². The van der Waals surface area contributed by atoms with Crippen molar-refractivity contribution in [3.05, 3.63) is 101 Å². The first-order valence-electron chi connectivity index (χ1n) is 10.7. The zero-order chi connectivity index (χ0) is 22.4. The topological polar surface area (TPSA) is 74.2 Å². The second kappa shape index (κ2) is 9.77. The van der Waals surface area contributed by atoms with E-state index in [0.29, 0.717) is 11.1 Å². The highest BCUT2D eigenvalue weighted by Gasteiger charge is 2.39. The largest absolute Gasteiger partial charge is 0.378 e. The molecule has 0 bridgehead atoms. The van der Waals surface area contributed by atoms with E-state index in [2.05, 4.69) is 21.5 Å². The van der Waals surface area contributed by atoms with Gasteiger partial charge in [-0.05, 0) is 41.3 Å². The average molecular weight is 430 g/mol. The van der Waals surface area contributed by atoms with Gasteiger partial charge in [0.1, 0.15) is 0 Å². The number of carbonyl (C=O) groups excluding carboxylic acids is 1. The number of aryl methyl sites for hydroxylation is 1. The summed E-state index contributed by atoms with van der Waals surface area (Å²) in [6, 6.07) is 23.9. The smallest absolute Gasteiger partial charge is 0.281 e. The molecule has 3 aromatic carbocycles. The van der Waals surface area contributed by atoms with Gasteiger partial charge in [0, 0.05) is 18.8 Å². The third-order valence-electron chi connectivity index (χ3n) is 5.71. The van der Waals surface area contributed by atoms with E-state index < -0.39 is 11.5 Å². The van der Waals surface area contributed by atoms with Crippen LogP contribution in [0.5, 0.6) is 0 Å². The van der Waals surface area contributed by atoms with E-state index in [9.17, 15) is 9.90 Å². The summed E-state index contributed by atoms with van der Waals surface area (Å²) in [6.07, 6.45) is 1.60. The first-order chi connectivity index (χ1) is 15.6.